The molecule has 0 aromatic heterocycles. The Morgan fingerprint density at radius 3 is 2.14 bits per heavy atom. The number of anilines is 1. The van der Waals surface area contributed by atoms with Crippen LogP contribution in [0.4, 0.5) is 5.69 Å². The van der Waals surface area contributed by atoms with Gasteiger partial charge in [0, 0.05) is 18.8 Å². The van der Waals surface area contributed by atoms with Gasteiger partial charge < -0.3 is 20.1 Å². The first-order valence-corrected chi connectivity index (χ1v) is 12.5. The molecule has 0 spiro atoms. The predicted octanol–water partition coefficient (Wildman–Crippen LogP) is 3.44. The molecule has 3 N–H and O–H groups in total. The molecule has 35 heavy (non-hydrogen) atoms. The van der Waals surface area contributed by atoms with Gasteiger partial charge in [-0.15, -0.1) is 12.4 Å². The molecule has 0 saturated carbocycles. The molecule has 3 aromatic carbocycles. The Kier molecular flexibility index (Phi) is 9.36. The van der Waals surface area contributed by atoms with Gasteiger partial charge >= 0.3 is 0 Å². The van der Waals surface area contributed by atoms with E-state index < -0.39 is 10.0 Å². The van der Waals surface area contributed by atoms with E-state index in [-0.39, 0.29) is 30.5 Å². The topological polar surface area (TPSA) is 101 Å². The fraction of sp³-hybridized carbons (Fsp3) is 0.240. The average molecular weight is 517 g/mol. The number of benzene rings is 3. The van der Waals surface area contributed by atoms with Crippen molar-refractivity contribution >= 4 is 34.1 Å². The van der Waals surface area contributed by atoms with Crippen LogP contribution in [0.1, 0.15) is 11.1 Å². The summed E-state index contributed by atoms with van der Waals surface area (Å²) in [5, 5.41) is 6.45. The van der Waals surface area contributed by atoms with Crippen molar-refractivity contribution in [3.8, 4) is 11.5 Å². The summed E-state index contributed by atoms with van der Waals surface area (Å²) in [6, 6.07) is 22.3. The maximum Gasteiger partial charge on any atom is 0.240 e. The van der Waals surface area contributed by atoms with E-state index in [1.54, 1.807) is 12.1 Å². The molecular formula is C25H29ClN4O4S. The first-order chi connectivity index (χ1) is 16.5. The van der Waals surface area contributed by atoms with Gasteiger partial charge in [-0.3, -0.25) is 4.99 Å². The molecule has 186 valence electrons. The summed E-state index contributed by atoms with van der Waals surface area (Å²) in [6.07, 6.45) is 0.807. The lowest BCUT2D eigenvalue weighted by Crippen LogP contribution is -2.28. The van der Waals surface area contributed by atoms with Crippen LogP contribution in [0, 0.1) is 0 Å². The maximum atomic E-state index is 12.3. The normalized spacial score (nSPS) is 12.8. The Hall–Kier alpha value is -3.27. The third kappa shape index (κ3) is 7.61. The van der Waals surface area contributed by atoms with E-state index in [1.807, 2.05) is 36.4 Å². The molecule has 10 heteroatoms. The van der Waals surface area contributed by atoms with Gasteiger partial charge in [-0.2, -0.15) is 0 Å². The first kappa shape index (κ1) is 26.3. The van der Waals surface area contributed by atoms with Crippen molar-refractivity contribution in [2.75, 3.05) is 38.7 Å². The van der Waals surface area contributed by atoms with Gasteiger partial charge in [-0.1, -0.05) is 24.3 Å². The van der Waals surface area contributed by atoms with E-state index in [0.29, 0.717) is 11.5 Å². The molecular weight excluding hydrogens is 488 g/mol. The van der Waals surface area contributed by atoms with Crippen molar-refractivity contribution < 1.29 is 17.9 Å². The van der Waals surface area contributed by atoms with Crippen LogP contribution in [-0.2, 0) is 16.4 Å². The zero-order valence-electron chi connectivity index (χ0n) is 19.4. The lowest BCUT2D eigenvalue weighted by molar-refractivity contribution is 0.323. The van der Waals surface area contributed by atoms with E-state index in [4.69, 9.17) is 9.47 Å². The molecule has 0 amide bonds. The Bertz CT molecular complexity index is 1220. The molecule has 1 aliphatic heterocycles. The van der Waals surface area contributed by atoms with E-state index in [2.05, 4.69) is 32.5 Å². The summed E-state index contributed by atoms with van der Waals surface area (Å²) in [5.74, 6) is 2.11. The molecule has 0 saturated heterocycles. The second-order valence-electron chi connectivity index (χ2n) is 7.72. The minimum atomic E-state index is -3.59. The van der Waals surface area contributed by atoms with Crippen molar-refractivity contribution in [3.63, 3.8) is 0 Å². The molecule has 1 heterocycles. The monoisotopic (exact) mass is 516 g/mol. The Morgan fingerprint density at radius 2 is 1.54 bits per heavy atom. The highest BCUT2D eigenvalue weighted by Gasteiger charge is 2.13. The molecule has 0 radical (unpaired) electrons. The summed E-state index contributed by atoms with van der Waals surface area (Å²) in [7, 11) is -2.06. The van der Waals surface area contributed by atoms with Crippen LogP contribution in [0.3, 0.4) is 0 Å². The highest BCUT2D eigenvalue weighted by Crippen LogP contribution is 2.18. The number of hydrogen-bond acceptors (Lipinski definition) is 7. The number of guanidine groups is 1. The third-order valence-corrected chi connectivity index (χ3v) is 6.73. The van der Waals surface area contributed by atoms with E-state index in [1.165, 1.54) is 24.8 Å². The number of methoxy groups -OCH3 is 1. The van der Waals surface area contributed by atoms with Gasteiger partial charge in [-0.05, 0) is 66.1 Å². The van der Waals surface area contributed by atoms with Crippen LogP contribution in [0.15, 0.2) is 82.7 Å². The number of aliphatic imine (C=N–C) groups is 1. The smallest absolute Gasteiger partial charge is 0.240 e. The predicted molar refractivity (Wildman–Crippen MR) is 141 cm³/mol. The molecule has 8 nitrogen and oxygen atoms in total. The van der Waals surface area contributed by atoms with Crippen molar-refractivity contribution in [2.45, 2.75) is 11.3 Å². The van der Waals surface area contributed by atoms with Crippen molar-refractivity contribution in [1.82, 2.24) is 10.0 Å². The fourth-order valence-electron chi connectivity index (χ4n) is 3.45. The molecule has 0 atom stereocenters. The molecule has 0 aliphatic carbocycles. The van der Waals surface area contributed by atoms with Gasteiger partial charge in [-0.25, -0.2) is 13.1 Å². The van der Waals surface area contributed by atoms with E-state index in [0.717, 1.165) is 36.7 Å². The number of hydrogen-bond donors (Lipinski definition) is 3. The van der Waals surface area contributed by atoms with Crippen molar-refractivity contribution in [1.29, 1.82) is 0 Å². The van der Waals surface area contributed by atoms with Crippen LogP contribution in [0.5, 0.6) is 11.5 Å². The second-order valence-corrected chi connectivity index (χ2v) is 9.49. The lowest BCUT2D eigenvalue weighted by atomic mass is 10.0. The fourth-order valence-corrected chi connectivity index (χ4v) is 4.46. The Balaban J connectivity index is 0.00000342. The minimum Gasteiger partial charge on any atom is -0.497 e. The number of sulfonamides is 1. The maximum absolute atomic E-state index is 12.3. The van der Waals surface area contributed by atoms with Crippen LogP contribution in [-0.4, -0.2) is 47.7 Å². The number of nitrogens with zero attached hydrogens (tertiary/aromatic N) is 1. The minimum absolute atomic E-state index is 0. The molecule has 0 unspecified atom stereocenters. The van der Waals surface area contributed by atoms with Gasteiger partial charge in [0.1, 0.15) is 18.1 Å². The number of ether oxygens (including phenoxy) is 2. The van der Waals surface area contributed by atoms with Gasteiger partial charge in [0.15, 0.2) is 5.96 Å². The summed E-state index contributed by atoms with van der Waals surface area (Å²) in [5.41, 5.74) is 3.37. The number of rotatable bonds is 10. The molecule has 0 fully saturated rings. The first-order valence-electron chi connectivity index (χ1n) is 11.0. The van der Waals surface area contributed by atoms with Gasteiger partial charge in [0.05, 0.1) is 18.6 Å². The zero-order chi connectivity index (χ0) is 23.8. The third-order valence-electron chi connectivity index (χ3n) is 5.26. The summed E-state index contributed by atoms with van der Waals surface area (Å²) < 4.78 is 38.0. The van der Waals surface area contributed by atoms with Gasteiger partial charge in [0.25, 0.3) is 0 Å². The number of nitrogens with one attached hydrogen (secondary N) is 3. The summed E-state index contributed by atoms with van der Waals surface area (Å²) in [4.78, 5) is 4.52. The summed E-state index contributed by atoms with van der Waals surface area (Å²) >= 11 is 0. The highest BCUT2D eigenvalue weighted by atomic mass is 35.5. The molecule has 4 rings (SSSR count). The van der Waals surface area contributed by atoms with Crippen LogP contribution in [0.25, 0.3) is 0 Å². The van der Waals surface area contributed by atoms with Gasteiger partial charge in [0.2, 0.25) is 10.0 Å². The highest BCUT2D eigenvalue weighted by molar-refractivity contribution is 7.89. The van der Waals surface area contributed by atoms with E-state index >= 15 is 0 Å². The van der Waals surface area contributed by atoms with Crippen molar-refractivity contribution in [3.05, 3.63) is 83.9 Å². The SMILES string of the molecule is COc1ccc(S(=O)(=O)NCCOc2ccc(Cc3ccc(NC4=NCCN4)cc3)cc2)cc1.Cl. The van der Waals surface area contributed by atoms with Crippen LogP contribution < -0.4 is 24.8 Å². The second kappa shape index (κ2) is 12.4. The largest absolute Gasteiger partial charge is 0.497 e. The van der Waals surface area contributed by atoms with Crippen molar-refractivity contribution in [2.24, 2.45) is 4.99 Å². The average Bonchev–Trinajstić information content (AvgIpc) is 3.37. The standard InChI is InChI=1S/C25H28N4O4S.ClH/c1-32-22-10-12-24(13-11-22)34(30,31)28-16-17-33-23-8-4-20(5-9-23)18-19-2-6-21(7-3-19)29-25-26-14-15-27-25;/h2-13,28H,14-18H2,1H3,(H2,26,27,29);1H. The lowest BCUT2D eigenvalue weighted by Gasteiger charge is -2.10. The zero-order valence-corrected chi connectivity index (χ0v) is 21.0. The molecule has 1 aliphatic rings. The van der Waals surface area contributed by atoms with E-state index in [9.17, 15) is 8.42 Å². The molecule has 3 aromatic rings. The van der Waals surface area contributed by atoms with Crippen LogP contribution in [0.2, 0.25) is 0 Å². The number of halogens is 1. The Morgan fingerprint density at radius 1 is 0.914 bits per heavy atom. The quantitative estimate of drug-likeness (QED) is 0.357. The van der Waals surface area contributed by atoms with Crippen LogP contribution >= 0.6 is 12.4 Å². The summed E-state index contributed by atoms with van der Waals surface area (Å²) in [6.45, 7) is 2.07. The molecule has 0 bridgehead atoms. The Labute approximate surface area is 212 Å².